The van der Waals surface area contributed by atoms with Crippen LogP contribution < -0.4 is 0 Å². The molecule has 0 bridgehead atoms. The highest BCUT2D eigenvalue weighted by Crippen LogP contribution is 2.36. The van der Waals surface area contributed by atoms with E-state index in [0.29, 0.717) is 13.0 Å². The van der Waals surface area contributed by atoms with Gasteiger partial charge in [0.25, 0.3) is 0 Å². The van der Waals surface area contributed by atoms with E-state index in [9.17, 15) is 13.2 Å². The van der Waals surface area contributed by atoms with E-state index < -0.39 is 12.1 Å². The van der Waals surface area contributed by atoms with Crippen LogP contribution in [-0.4, -0.2) is 16.0 Å². The predicted octanol–water partition coefficient (Wildman–Crippen LogP) is 2.57. The van der Waals surface area contributed by atoms with Gasteiger partial charge in [0, 0.05) is 18.7 Å². The Morgan fingerprint density at radius 3 is 2.87 bits per heavy atom. The molecule has 5 heteroatoms. The highest BCUT2D eigenvalue weighted by molar-refractivity contribution is 5.21. The number of aromatic nitrogens is 2. The predicted molar refractivity (Wildman–Crippen MR) is 49.5 cm³/mol. The van der Waals surface area contributed by atoms with Crippen molar-refractivity contribution in [2.75, 3.05) is 0 Å². The van der Waals surface area contributed by atoms with Gasteiger partial charge in [-0.2, -0.15) is 18.3 Å². The summed E-state index contributed by atoms with van der Waals surface area (Å²) < 4.78 is 39.3. The molecule has 1 aromatic rings. The van der Waals surface area contributed by atoms with E-state index in [2.05, 4.69) is 5.10 Å². The zero-order valence-electron chi connectivity index (χ0n) is 8.51. The van der Waals surface area contributed by atoms with Crippen LogP contribution in [0.4, 0.5) is 13.2 Å². The number of aryl methyl sites for hydroxylation is 2. The van der Waals surface area contributed by atoms with Crippen LogP contribution in [0.3, 0.4) is 0 Å². The maximum atomic E-state index is 12.5. The van der Waals surface area contributed by atoms with E-state index in [1.807, 2.05) is 6.92 Å². The minimum Gasteiger partial charge on any atom is -0.270 e. The van der Waals surface area contributed by atoms with Crippen LogP contribution in [-0.2, 0) is 19.4 Å². The largest absolute Gasteiger partial charge is 0.392 e. The van der Waals surface area contributed by atoms with Crippen molar-refractivity contribution in [3.05, 3.63) is 17.5 Å². The molecule has 1 aliphatic rings. The van der Waals surface area contributed by atoms with Crippen molar-refractivity contribution >= 4 is 0 Å². The third-order valence-corrected chi connectivity index (χ3v) is 3.00. The zero-order chi connectivity index (χ0) is 11.1. The molecule has 15 heavy (non-hydrogen) atoms. The summed E-state index contributed by atoms with van der Waals surface area (Å²) in [6, 6.07) is 0. The second-order valence-electron chi connectivity index (χ2n) is 3.91. The molecule has 1 atom stereocenters. The highest BCUT2D eigenvalue weighted by Gasteiger charge is 2.42. The van der Waals surface area contributed by atoms with Gasteiger partial charge in [-0.3, -0.25) is 4.68 Å². The van der Waals surface area contributed by atoms with Crippen molar-refractivity contribution in [1.29, 1.82) is 0 Å². The Hall–Kier alpha value is -1.00. The van der Waals surface area contributed by atoms with Gasteiger partial charge < -0.3 is 0 Å². The average Bonchev–Trinajstić information content (AvgIpc) is 2.57. The highest BCUT2D eigenvalue weighted by atomic mass is 19.4. The Morgan fingerprint density at radius 2 is 2.27 bits per heavy atom. The summed E-state index contributed by atoms with van der Waals surface area (Å²) in [6.07, 6.45) is -1.58. The molecule has 1 aromatic heterocycles. The van der Waals surface area contributed by atoms with E-state index in [0.717, 1.165) is 11.3 Å². The standard InChI is InChI=1S/C10H13F3N2/c1-2-15-9-5-8(10(11,12)13)4-3-7(9)6-14-15/h6,8H,2-5H2,1H3/t8-/m1/s1. The molecule has 0 spiro atoms. The van der Waals surface area contributed by atoms with Gasteiger partial charge in [-0.15, -0.1) is 0 Å². The first-order chi connectivity index (χ1) is 7.02. The van der Waals surface area contributed by atoms with Crippen molar-refractivity contribution in [2.45, 2.75) is 38.9 Å². The number of nitrogens with zero attached hydrogens (tertiary/aromatic N) is 2. The fourth-order valence-corrected chi connectivity index (χ4v) is 2.11. The Labute approximate surface area is 86.1 Å². The van der Waals surface area contributed by atoms with Crippen molar-refractivity contribution in [3.63, 3.8) is 0 Å². The second-order valence-corrected chi connectivity index (χ2v) is 3.91. The Balaban J connectivity index is 2.25. The van der Waals surface area contributed by atoms with Gasteiger partial charge in [-0.1, -0.05) is 0 Å². The summed E-state index contributed by atoms with van der Waals surface area (Å²) in [5.41, 5.74) is 1.75. The summed E-state index contributed by atoms with van der Waals surface area (Å²) in [7, 11) is 0. The maximum absolute atomic E-state index is 12.5. The van der Waals surface area contributed by atoms with Gasteiger partial charge >= 0.3 is 6.18 Å². The SMILES string of the molecule is CCn1ncc2c1C[C@H](C(F)(F)F)CC2. The average molecular weight is 218 g/mol. The van der Waals surface area contributed by atoms with Crippen LogP contribution in [0.25, 0.3) is 0 Å². The first-order valence-electron chi connectivity index (χ1n) is 5.12. The molecule has 84 valence electrons. The molecule has 2 nitrogen and oxygen atoms in total. The second kappa shape index (κ2) is 3.54. The molecule has 0 N–H and O–H groups in total. The molecule has 1 heterocycles. The lowest BCUT2D eigenvalue weighted by atomic mass is 9.87. The zero-order valence-corrected chi connectivity index (χ0v) is 8.51. The molecule has 1 aliphatic carbocycles. The van der Waals surface area contributed by atoms with Gasteiger partial charge in [0.15, 0.2) is 0 Å². The van der Waals surface area contributed by atoms with E-state index in [1.165, 1.54) is 0 Å². The van der Waals surface area contributed by atoms with E-state index >= 15 is 0 Å². The third kappa shape index (κ3) is 1.87. The van der Waals surface area contributed by atoms with Crippen molar-refractivity contribution in [2.24, 2.45) is 5.92 Å². The summed E-state index contributed by atoms with van der Waals surface area (Å²) in [4.78, 5) is 0. The van der Waals surface area contributed by atoms with Crippen LogP contribution in [0.1, 0.15) is 24.6 Å². The molecule has 0 radical (unpaired) electrons. The molecule has 0 aromatic carbocycles. The molecule has 0 saturated heterocycles. The van der Waals surface area contributed by atoms with Gasteiger partial charge in [0.2, 0.25) is 0 Å². The topological polar surface area (TPSA) is 17.8 Å². The normalized spacial score (nSPS) is 21.5. The van der Waals surface area contributed by atoms with Crippen molar-refractivity contribution in [1.82, 2.24) is 9.78 Å². The Morgan fingerprint density at radius 1 is 1.53 bits per heavy atom. The fourth-order valence-electron chi connectivity index (χ4n) is 2.11. The van der Waals surface area contributed by atoms with Crippen molar-refractivity contribution < 1.29 is 13.2 Å². The van der Waals surface area contributed by atoms with Gasteiger partial charge in [0.1, 0.15) is 0 Å². The molecule has 0 amide bonds. The van der Waals surface area contributed by atoms with Crippen LogP contribution in [0.5, 0.6) is 0 Å². The van der Waals surface area contributed by atoms with E-state index in [1.54, 1.807) is 10.9 Å². The van der Waals surface area contributed by atoms with Gasteiger partial charge in [0.05, 0.1) is 12.1 Å². The minimum absolute atomic E-state index is 0.0900. The van der Waals surface area contributed by atoms with E-state index in [4.69, 9.17) is 0 Å². The summed E-state index contributed by atoms with van der Waals surface area (Å²) in [6.45, 7) is 2.53. The van der Waals surface area contributed by atoms with Crippen LogP contribution >= 0.6 is 0 Å². The lowest BCUT2D eigenvalue weighted by Gasteiger charge is -2.25. The number of rotatable bonds is 1. The smallest absolute Gasteiger partial charge is 0.270 e. The molecular weight excluding hydrogens is 205 g/mol. The molecule has 0 unspecified atom stereocenters. The molecular formula is C10H13F3N2. The number of hydrogen-bond donors (Lipinski definition) is 0. The monoisotopic (exact) mass is 218 g/mol. The Bertz CT molecular complexity index is 341. The van der Waals surface area contributed by atoms with Crippen molar-refractivity contribution in [3.8, 4) is 0 Å². The van der Waals surface area contributed by atoms with E-state index in [-0.39, 0.29) is 12.8 Å². The van der Waals surface area contributed by atoms with Gasteiger partial charge in [-0.25, -0.2) is 0 Å². The third-order valence-electron chi connectivity index (χ3n) is 3.00. The maximum Gasteiger partial charge on any atom is 0.392 e. The first-order valence-corrected chi connectivity index (χ1v) is 5.12. The minimum atomic E-state index is -4.07. The first kappa shape index (κ1) is 10.5. The summed E-state index contributed by atoms with van der Waals surface area (Å²) in [5.74, 6) is -1.19. The lowest BCUT2D eigenvalue weighted by molar-refractivity contribution is -0.177. The van der Waals surface area contributed by atoms with Crippen LogP contribution in [0.15, 0.2) is 6.20 Å². The Kier molecular flexibility index (Phi) is 2.48. The van der Waals surface area contributed by atoms with Crippen LogP contribution in [0, 0.1) is 5.92 Å². The molecule has 0 fully saturated rings. The number of hydrogen-bond acceptors (Lipinski definition) is 1. The summed E-state index contributed by atoms with van der Waals surface area (Å²) >= 11 is 0. The fraction of sp³-hybridized carbons (Fsp3) is 0.700. The number of halogens is 3. The van der Waals surface area contributed by atoms with Gasteiger partial charge in [-0.05, 0) is 25.3 Å². The molecule has 2 rings (SSSR count). The molecule has 0 aliphatic heterocycles. The quantitative estimate of drug-likeness (QED) is 0.708. The molecule has 0 saturated carbocycles. The lowest BCUT2D eigenvalue weighted by Crippen LogP contribution is -2.29. The number of fused-ring (bicyclic) bond motifs is 1. The van der Waals surface area contributed by atoms with Crippen LogP contribution in [0.2, 0.25) is 0 Å². The number of alkyl halides is 3. The summed E-state index contributed by atoms with van der Waals surface area (Å²) in [5, 5.41) is 4.08.